The lowest BCUT2D eigenvalue weighted by Gasteiger charge is -2.19. The zero-order valence-corrected chi connectivity index (χ0v) is 13.1. The summed E-state index contributed by atoms with van der Waals surface area (Å²) in [6, 6.07) is 0.659. The highest BCUT2D eigenvalue weighted by Gasteiger charge is 2.26. The van der Waals surface area contributed by atoms with Crippen LogP contribution >= 0.6 is 27.7 Å². The van der Waals surface area contributed by atoms with Crippen molar-refractivity contribution in [2.24, 2.45) is 7.05 Å². The highest BCUT2D eigenvalue weighted by atomic mass is 79.9. The Morgan fingerprint density at radius 3 is 2.88 bits per heavy atom. The minimum atomic E-state index is 0.659. The lowest BCUT2D eigenvalue weighted by atomic mass is 10.2. The second-order valence-corrected chi connectivity index (χ2v) is 6.53. The van der Waals surface area contributed by atoms with Crippen molar-refractivity contribution in [3.8, 4) is 0 Å². The third-order valence-corrected chi connectivity index (χ3v) is 5.75. The van der Waals surface area contributed by atoms with Gasteiger partial charge < -0.3 is 5.32 Å². The van der Waals surface area contributed by atoms with E-state index in [0.29, 0.717) is 6.04 Å². The molecule has 3 nitrogen and oxygen atoms in total. The van der Waals surface area contributed by atoms with Gasteiger partial charge in [-0.1, -0.05) is 6.42 Å². The molecule has 1 N–H and O–H groups in total. The monoisotopic (exact) mass is 317 g/mol. The average molecular weight is 318 g/mol. The fourth-order valence-electron chi connectivity index (χ4n) is 2.54. The lowest BCUT2D eigenvalue weighted by molar-refractivity contribution is 0.514. The van der Waals surface area contributed by atoms with Crippen LogP contribution in [0.3, 0.4) is 0 Å². The summed E-state index contributed by atoms with van der Waals surface area (Å²) in [7, 11) is 2.01. The first kappa shape index (κ1) is 13.4. The number of nitrogens with one attached hydrogen (secondary N) is 1. The number of aryl methyl sites for hydroxylation is 2. The van der Waals surface area contributed by atoms with Gasteiger partial charge >= 0.3 is 0 Å². The first-order chi connectivity index (χ1) is 8.13. The van der Waals surface area contributed by atoms with Gasteiger partial charge in [-0.05, 0) is 42.0 Å². The molecular formula is C12H20BrN3S. The Morgan fingerprint density at radius 1 is 1.53 bits per heavy atom. The highest BCUT2D eigenvalue weighted by Crippen LogP contribution is 2.29. The van der Waals surface area contributed by atoms with Crippen molar-refractivity contribution in [3.63, 3.8) is 0 Å². The van der Waals surface area contributed by atoms with Gasteiger partial charge in [-0.15, -0.1) is 0 Å². The number of thioether (sulfide) groups is 1. The molecule has 0 radical (unpaired) electrons. The molecule has 0 spiro atoms. The molecule has 1 aromatic rings. The molecule has 0 amide bonds. The van der Waals surface area contributed by atoms with Crippen molar-refractivity contribution in [2.75, 3.05) is 6.26 Å². The number of aromatic nitrogens is 2. The van der Waals surface area contributed by atoms with Crippen molar-refractivity contribution in [2.45, 2.75) is 44.0 Å². The van der Waals surface area contributed by atoms with Crippen LogP contribution in [0.2, 0.25) is 0 Å². The topological polar surface area (TPSA) is 29.9 Å². The fourth-order valence-corrected chi connectivity index (χ4v) is 3.98. The summed E-state index contributed by atoms with van der Waals surface area (Å²) < 4.78 is 3.11. The second-order valence-electron chi connectivity index (χ2n) is 4.66. The van der Waals surface area contributed by atoms with E-state index < -0.39 is 0 Å². The van der Waals surface area contributed by atoms with E-state index in [9.17, 15) is 0 Å². The van der Waals surface area contributed by atoms with Crippen molar-refractivity contribution >= 4 is 27.7 Å². The number of hydrogen-bond donors (Lipinski definition) is 1. The van der Waals surface area contributed by atoms with Crippen LogP contribution in [0.25, 0.3) is 0 Å². The van der Waals surface area contributed by atoms with Gasteiger partial charge in [0.2, 0.25) is 0 Å². The number of hydrogen-bond acceptors (Lipinski definition) is 3. The van der Waals surface area contributed by atoms with Crippen LogP contribution in [-0.2, 0) is 13.6 Å². The molecule has 2 unspecified atom stereocenters. The molecule has 1 fully saturated rings. The van der Waals surface area contributed by atoms with E-state index in [-0.39, 0.29) is 0 Å². The average Bonchev–Trinajstić information content (AvgIpc) is 2.84. The van der Waals surface area contributed by atoms with E-state index >= 15 is 0 Å². The molecule has 1 aliphatic carbocycles. The van der Waals surface area contributed by atoms with E-state index in [1.54, 1.807) is 0 Å². The molecule has 0 bridgehead atoms. The smallest absolute Gasteiger partial charge is 0.0739 e. The van der Waals surface area contributed by atoms with E-state index in [1.165, 1.54) is 25.0 Å². The standard InChI is InChI=1S/C12H20BrN3S/c1-8-12(13)10(16(2)15-8)7-14-9-5-4-6-11(9)17-3/h9,11,14H,4-7H2,1-3H3. The van der Waals surface area contributed by atoms with Gasteiger partial charge in [0.15, 0.2) is 0 Å². The molecule has 0 saturated heterocycles. The maximum Gasteiger partial charge on any atom is 0.0739 e. The van der Waals surface area contributed by atoms with E-state index in [2.05, 4.69) is 32.6 Å². The molecule has 1 heterocycles. The third-order valence-electron chi connectivity index (χ3n) is 3.55. The molecule has 2 rings (SSSR count). The van der Waals surface area contributed by atoms with Crippen molar-refractivity contribution in [1.29, 1.82) is 0 Å². The van der Waals surface area contributed by atoms with E-state index in [0.717, 1.165) is 22.0 Å². The van der Waals surface area contributed by atoms with Crippen LogP contribution in [0, 0.1) is 6.92 Å². The van der Waals surface area contributed by atoms with Crippen LogP contribution in [0.5, 0.6) is 0 Å². The molecule has 5 heteroatoms. The van der Waals surface area contributed by atoms with Crippen LogP contribution in [0.15, 0.2) is 4.47 Å². The van der Waals surface area contributed by atoms with Crippen LogP contribution in [-0.4, -0.2) is 27.3 Å². The second kappa shape index (κ2) is 5.76. The predicted octanol–water partition coefficient (Wildman–Crippen LogP) is 2.86. The van der Waals surface area contributed by atoms with Gasteiger partial charge in [0.1, 0.15) is 0 Å². The van der Waals surface area contributed by atoms with Gasteiger partial charge in [0, 0.05) is 24.9 Å². The Balaban J connectivity index is 1.97. The molecule has 1 saturated carbocycles. The van der Waals surface area contributed by atoms with Crippen LogP contribution in [0.4, 0.5) is 0 Å². The van der Waals surface area contributed by atoms with Crippen LogP contribution in [0.1, 0.15) is 30.7 Å². The van der Waals surface area contributed by atoms with Gasteiger partial charge in [-0.2, -0.15) is 16.9 Å². The summed E-state index contributed by atoms with van der Waals surface area (Å²) >= 11 is 5.61. The molecule has 1 aromatic heterocycles. The van der Waals surface area contributed by atoms with Crippen LogP contribution < -0.4 is 5.32 Å². The van der Waals surface area contributed by atoms with Gasteiger partial charge in [0.25, 0.3) is 0 Å². The molecular weight excluding hydrogens is 298 g/mol. The Bertz CT molecular complexity index is 391. The van der Waals surface area contributed by atoms with Crippen molar-refractivity contribution < 1.29 is 0 Å². The zero-order valence-electron chi connectivity index (χ0n) is 10.7. The van der Waals surface area contributed by atoms with E-state index in [4.69, 9.17) is 0 Å². The van der Waals surface area contributed by atoms with Crippen molar-refractivity contribution in [3.05, 3.63) is 15.9 Å². The number of nitrogens with zero attached hydrogens (tertiary/aromatic N) is 2. The normalized spacial score (nSPS) is 24.5. The van der Waals surface area contributed by atoms with Crippen molar-refractivity contribution in [1.82, 2.24) is 15.1 Å². The van der Waals surface area contributed by atoms with Gasteiger partial charge in [-0.3, -0.25) is 4.68 Å². The SMILES string of the molecule is CSC1CCCC1NCc1c(Br)c(C)nn1C. The fraction of sp³-hybridized carbons (Fsp3) is 0.750. The molecule has 96 valence electrons. The minimum absolute atomic E-state index is 0.659. The Morgan fingerprint density at radius 2 is 2.29 bits per heavy atom. The Hall–Kier alpha value is 0. The number of rotatable bonds is 4. The third kappa shape index (κ3) is 2.88. The van der Waals surface area contributed by atoms with E-state index in [1.807, 2.05) is 30.4 Å². The molecule has 2 atom stereocenters. The molecule has 0 aliphatic heterocycles. The summed E-state index contributed by atoms with van der Waals surface area (Å²) in [6.07, 6.45) is 6.23. The first-order valence-electron chi connectivity index (χ1n) is 6.07. The quantitative estimate of drug-likeness (QED) is 0.926. The Labute approximate surface area is 116 Å². The molecule has 0 aromatic carbocycles. The summed E-state index contributed by atoms with van der Waals surface area (Å²) in [6.45, 7) is 2.94. The molecule has 1 aliphatic rings. The largest absolute Gasteiger partial charge is 0.307 e. The molecule has 17 heavy (non-hydrogen) atoms. The maximum absolute atomic E-state index is 4.42. The zero-order chi connectivity index (χ0) is 12.4. The summed E-state index contributed by atoms with van der Waals surface area (Å²) in [5.41, 5.74) is 2.31. The predicted molar refractivity (Wildman–Crippen MR) is 77.4 cm³/mol. The van der Waals surface area contributed by atoms with Gasteiger partial charge in [-0.25, -0.2) is 0 Å². The maximum atomic E-state index is 4.42. The highest BCUT2D eigenvalue weighted by molar-refractivity contribution is 9.10. The summed E-state index contributed by atoms with van der Waals surface area (Å²) in [4.78, 5) is 0. The first-order valence-corrected chi connectivity index (χ1v) is 8.15. The summed E-state index contributed by atoms with van der Waals surface area (Å²) in [5, 5.41) is 8.88. The Kier molecular flexibility index (Phi) is 4.55. The minimum Gasteiger partial charge on any atom is -0.307 e. The summed E-state index contributed by atoms with van der Waals surface area (Å²) in [5.74, 6) is 0. The number of halogens is 1. The van der Waals surface area contributed by atoms with Gasteiger partial charge in [0.05, 0.1) is 15.9 Å². The lowest BCUT2D eigenvalue weighted by Crippen LogP contribution is -2.34.